The molecule has 0 atom stereocenters. The molecule has 0 aromatic heterocycles. The summed E-state index contributed by atoms with van der Waals surface area (Å²) in [6, 6.07) is 8.35. The Morgan fingerprint density at radius 3 is 2.39 bits per heavy atom. The van der Waals surface area contributed by atoms with Gasteiger partial charge in [0.25, 0.3) is 0 Å². The van der Waals surface area contributed by atoms with E-state index in [0.717, 1.165) is 18.4 Å². The standard InChI is InChI=1S/C21H32N4O3/c1-15(2)23-21(27)25(18-8-10-28-11-9-18)19-13-24(14-19)20(26)22-12-17-6-4-16(3)5-7-17/h4-7,15,18-19H,8-14H2,1-3H3,(H,22,26)(H,23,27). The average molecular weight is 389 g/mol. The van der Waals surface area contributed by atoms with E-state index in [2.05, 4.69) is 10.6 Å². The first kappa shape index (κ1) is 20.5. The molecule has 1 aromatic carbocycles. The highest BCUT2D eigenvalue weighted by molar-refractivity contribution is 5.78. The summed E-state index contributed by atoms with van der Waals surface area (Å²) in [5.41, 5.74) is 2.28. The second-order valence-corrected chi connectivity index (χ2v) is 8.06. The number of likely N-dealkylation sites (tertiary alicyclic amines) is 1. The Kier molecular flexibility index (Phi) is 6.78. The van der Waals surface area contributed by atoms with Gasteiger partial charge >= 0.3 is 12.1 Å². The lowest BCUT2D eigenvalue weighted by molar-refractivity contribution is 0.00220. The minimum atomic E-state index is -0.0759. The molecule has 0 spiro atoms. The molecule has 28 heavy (non-hydrogen) atoms. The van der Waals surface area contributed by atoms with Gasteiger partial charge in [0.1, 0.15) is 0 Å². The molecule has 7 nitrogen and oxygen atoms in total. The van der Waals surface area contributed by atoms with Crippen molar-refractivity contribution < 1.29 is 14.3 Å². The van der Waals surface area contributed by atoms with Crippen molar-refractivity contribution in [1.29, 1.82) is 0 Å². The van der Waals surface area contributed by atoms with Crippen molar-refractivity contribution in [1.82, 2.24) is 20.4 Å². The Morgan fingerprint density at radius 1 is 1.14 bits per heavy atom. The highest BCUT2D eigenvalue weighted by Gasteiger charge is 2.40. The molecular weight excluding hydrogens is 356 g/mol. The molecular formula is C21H32N4O3. The summed E-state index contributed by atoms with van der Waals surface area (Å²) in [5.74, 6) is 0. The zero-order valence-corrected chi connectivity index (χ0v) is 17.1. The third-order valence-corrected chi connectivity index (χ3v) is 5.34. The molecule has 7 heteroatoms. The third kappa shape index (κ3) is 5.16. The van der Waals surface area contributed by atoms with Crippen LogP contribution in [0.3, 0.4) is 0 Å². The molecule has 2 aliphatic rings. The minimum Gasteiger partial charge on any atom is -0.381 e. The van der Waals surface area contributed by atoms with Crippen LogP contribution >= 0.6 is 0 Å². The fraction of sp³-hybridized carbons (Fsp3) is 0.619. The SMILES string of the molecule is Cc1ccc(CNC(=O)N2CC(N(C(=O)NC(C)C)C3CCOCC3)C2)cc1. The van der Waals surface area contributed by atoms with Crippen molar-refractivity contribution in [3.8, 4) is 0 Å². The average Bonchev–Trinajstić information content (AvgIpc) is 2.63. The Balaban J connectivity index is 1.52. The second kappa shape index (κ2) is 9.28. The summed E-state index contributed by atoms with van der Waals surface area (Å²) >= 11 is 0. The Bertz CT molecular complexity index is 665. The van der Waals surface area contributed by atoms with Crippen molar-refractivity contribution in [2.45, 2.75) is 58.3 Å². The van der Waals surface area contributed by atoms with Crippen LogP contribution in [0.25, 0.3) is 0 Å². The molecule has 0 saturated carbocycles. The summed E-state index contributed by atoms with van der Waals surface area (Å²) in [7, 11) is 0. The number of hydrogen-bond donors (Lipinski definition) is 2. The predicted molar refractivity (Wildman–Crippen MR) is 108 cm³/mol. The van der Waals surface area contributed by atoms with E-state index < -0.39 is 0 Å². The van der Waals surface area contributed by atoms with Crippen molar-refractivity contribution in [3.63, 3.8) is 0 Å². The van der Waals surface area contributed by atoms with Crippen LogP contribution in [0.2, 0.25) is 0 Å². The molecule has 0 radical (unpaired) electrons. The van der Waals surface area contributed by atoms with Gasteiger partial charge in [-0.25, -0.2) is 9.59 Å². The lowest BCUT2D eigenvalue weighted by atomic mass is 10.0. The number of benzene rings is 1. The van der Waals surface area contributed by atoms with Crippen LogP contribution in [-0.2, 0) is 11.3 Å². The Labute approximate surface area is 167 Å². The van der Waals surface area contributed by atoms with Gasteiger partial charge in [-0.2, -0.15) is 0 Å². The van der Waals surface area contributed by atoms with Crippen LogP contribution in [0.1, 0.15) is 37.8 Å². The molecule has 2 aliphatic heterocycles. The summed E-state index contributed by atoms with van der Waals surface area (Å²) in [6.45, 7) is 9.00. The quantitative estimate of drug-likeness (QED) is 0.814. The molecule has 2 N–H and O–H groups in total. The van der Waals surface area contributed by atoms with Gasteiger partial charge in [-0.05, 0) is 39.2 Å². The van der Waals surface area contributed by atoms with Crippen molar-refractivity contribution >= 4 is 12.1 Å². The number of carbonyl (C=O) groups excluding carboxylic acids is 2. The van der Waals surface area contributed by atoms with Crippen molar-refractivity contribution in [2.24, 2.45) is 0 Å². The fourth-order valence-electron chi connectivity index (χ4n) is 3.71. The van der Waals surface area contributed by atoms with Crippen LogP contribution in [0.5, 0.6) is 0 Å². The topological polar surface area (TPSA) is 73.9 Å². The zero-order valence-electron chi connectivity index (χ0n) is 17.1. The summed E-state index contributed by atoms with van der Waals surface area (Å²) in [5, 5.41) is 5.98. The van der Waals surface area contributed by atoms with E-state index in [1.807, 2.05) is 49.9 Å². The fourth-order valence-corrected chi connectivity index (χ4v) is 3.71. The first-order valence-electron chi connectivity index (χ1n) is 10.2. The molecule has 2 fully saturated rings. The van der Waals surface area contributed by atoms with Gasteiger partial charge < -0.3 is 25.2 Å². The van der Waals surface area contributed by atoms with Crippen LogP contribution in [0.15, 0.2) is 24.3 Å². The maximum atomic E-state index is 12.8. The highest BCUT2D eigenvalue weighted by Crippen LogP contribution is 2.23. The number of ether oxygens (including phenoxy) is 1. The van der Waals surface area contributed by atoms with Crippen molar-refractivity contribution in [2.75, 3.05) is 26.3 Å². The first-order valence-corrected chi connectivity index (χ1v) is 10.2. The van der Waals surface area contributed by atoms with E-state index in [1.54, 1.807) is 4.90 Å². The third-order valence-electron chi connectivity index (χ3n) is 5.34. The van der Waals surface area contributed by atoms with Gasteiger partial charge in [0.15, 0.2) is 0 Å². The monoisotopic (exact) mass is 388 g/mol. The van der Waals surface area contributed by atoms with Crippen LogP contribution in [-0.4, -0.2) is 66.3 Å². The minimum absolute atomic E-state index is 0.0355. The molecule has 2 saturated heterocycles. The maximum absolute atomic E-state index is 12.8. The van der Waals surface area contributed by atoms with Crippen LogP contribution < -0.4 is 10.6 Å². The molecule has 2 heterocycles. The molecule has 0 unspecified atom stereocenters. The summed E-state index contributed by atoms with van der Waals surface area (Å²) in [6.07, 6.45) is 1.70. The molecule has 3 rings (SSSR count). The number of carbonyl (C=O) groups is 2. The number of rotatable bonds is 5. The van der Waals surface area contributed by atoms with Crippen LogP contribution in [0.4, 0.5) is 9.59 Å². The number of urea groups is 2. The van der Waals surface area contributed by atoms with Gasteiger partial charge in [-0.15, -0.1) is 0 Å². The second-order valence-electron chi connectivity index (χ2n) is 8.06. The number of amides is 4. The number of nitrogens with zero attached hydrogens (tertiary/aromatic N) is 2. The first-order chi connectivity index (χ1) is 13.4. The van der Waals surface area contributed by atoms with Gasteiger partial charge in [0, 0.05) is 44.9 Å². The molecule has 0 bridgehead atoms. The highest BCUT2D eigenvalue weighted by atomic mass is 16.5. The number of hydrogen-bond acceptors (Lipinski definition) is 3. The van der Waals surface area contributed by atoms with Gasteiger partial charge in [-0.1, -0.05) is 29.8 Å². The van der Waals surface area contributed by atoms with Crippen LogP contribution in [0, 0.1) is 6.92 Å². The lowest BCUT2D eigenvalue weighted by Gasteiger charge is -2.48. The number of nitrogens with one attached hydrogen (secondary N) is 2. The van der Waals surface area contributed by atoms with E-state index in [0.29, 0.717) is 32.8 Å². The van der Waals surface area contributed by atoms with E-state index >= 15 is 0 Å². The van der Waals surface area contributed by atoms with E-state index in [4.69, 9.17) is 4.74 Å². The van der Waals surface area contributed by atoms with Gasteiger partial charge in [0.2, 0.25) is 0 Å². The summed E-state index contributed by atoms with van der Waals surface area (Å²) < 4.78 is 5.45. The predicted octanol–water partition coefficient (Wildman–Crippen LogP) is 2.49. The summed E-state index contributed by atoms with van der Waals surface area (Å²) in [4.78, 5) is 28.9. The number of aryl methyl sites for hydroxylation is 1. The normalized spacial score (nSPS) is 17.9. The largest absolute Gasteiger partial charge is 0.381 e. The van der Waals surface area contributed by atoms with Gasteiger partial charge in [0.05, 0.1) is 6.04 Å². The Hall–Kier alpha value is -2.28. The molecule has 1 aromatic rings. The van der Waals surface area contributed by atoms with Gasteiger partial charge in [-0.3, -0.25) is 0 Å². The van der Waals surface area contributed by atoms with E-state index in [-0.39, 0.29) is 30.2 Å². The van der Waals surface area contributed by atoms with Crippen molar-refractivity contribution in [3.05, 3.63) is 35.4 Å². The van der Waals surface area contributed by atoms with E-state index in [1.165, 1.54) is 5.56 Å². The molecule has 0 aliphatic carbocycles. The lowest BCUT2D eigenvalue weighted by Crippen LogP contribution is -2.67. The van der Waals surface area contributed by atoms with E-state index in [9.17, 15) is 9.59 Å². The zero-order chi connectivity index (χ0) is 20.1. The molecule has 4 amide bonds. The Morgan fingerprint density at radius 2 is 1.79 bits per heavy atom. The smallest absolute Gasteiger partial charge is 0.318 e. The maximum Gasteiger partial charge on any atom is 0.318 e. The molecule has 154 valence electrons.